The van der Waals surface area contributed by atoms with Gasteiger partial charge in [-0.2, -0.15) is 0 Å². The third kappa shape index (κ3) is 3.26. The molecule has 0 saturated carbocycles. The van der Waals surface area contributed by atoms with Gasteiger partial charge in [-0.25, -0.2) is 0 Å². The molecule has 1 fully saturated rings. The van der Waals surface area contributed by atoms with Gasteiger partial charge in [0.05, 0.1) is 11.4 Å². The summed E-state index contributed by atoms with van der Waals surface area (Å²) in [6, 6.07) is 13.1. The van der Waals surface area contributed by atoms with Gasteiger partial charge in [0.25, 0.3) is 0 Å². The number of hydrogen-bond acceptors (Lipinski definition) is 3. The Balaban J connectivity index is 1.98. The highest BCUT2D eigenvalue weighted by Crippen LogP contribution is 2.45. The second kappa shape index (κ2) is 6.34. The third-order valence-electron chi connectivity index (χ3n) is 4.13. The van der Waals surface area contributed by atoms with Crippen LogP contribution in [0.4, 0.5) is 5.69 Å². The van der Waals surface area contributed by atoms with Gasteiger partial charge in [0.2, 0.25) is 5.91 Å². The normalized spacial score (nSPS) is 18.2. The van der Waals surface area contributed by atoms with Crippen molar-refractivity contribution in [1.29, 1.82) is 0 Å². The molecule has 0 bridgehead atoms. The SMILES string of the molecule is CC(C)(C)c1ccc([C@@H]2SCC(=O)N2c2cc(Cl)ccc2O)cc1. The van der Waals surface area contributed by atoms with E-state index in [0.29, 0.717) is 16.5 Å². The number of nitrogens with zero attached hydrogens (tertiary/aromatic N) is 1. The first-order valence-corrected chi connectivity index (χ1v) is 9.22. The monoisotopic (exact) mass is 361 g/mol. The molecule has 1 aliphatic heterocycles. The van der Waals surface area contributed by atoms with E-state index in [4.69, 9.17) is 11.6 Å². The van der Waals surface area contributed by atoms with Gasteiger partial charge >= 0.3 is 0 Å². The molecule has 3 rings (SSSR count). The molecule has 2 aromatic rings. The minimum atomic E-state index is -0.157. The number of thioether (sulfide) groups is 1. The maximum absolute atomic E-state index is 12.4. The van der Waals surface area contributed by atoms with Crippen molar-refractivity contribution in [2.24, 2.45) is 0 Å². The molecule has 0 aromatic heterocycles. The molecule has 1 atom stereocenters. The molecule has 2 aromatic carbocycles. The van der Waals surface area contributed by atoms with Crippen LogP contribution < -0.4 is 4.90 Å². The minimum Gasteiger partial charge on any atom is -0.506 e. The van der Waals surface area contributed by atoms with Crippen LogP contribution >= 0.6 is 23.4 Å². The number of carbonyl (C=O) groups is 1. The van der Waals surface area contributed by atoms with Gasteiger partial charge in [0.15, 0.2) is 0 Å². The number of amides is 1. The molecule has 0 aliphatic carbocycles. The number of rotatable bonds is 2. The summed E-state index contributed by atoms with van der Waals surface area (Å²) in [5, 5.41) is 10.5. The predicted molar refractivity (Wildman–Crippen MR) is 101 cm³/mol. The molecule has 1 saturated heterocycles. The lowest BCUT2D eigenvalue weighted by molar-refractivity contribution is -0.115. The summed E-state index contributed by atoms with van der Waals surface area (Å²) in [4.78, 5) is 14.0. The average molecular weight is 362 g/mol. The first-order chi connectivity index (χ1) is 11.3. The van der Waals surface area contributed by atoms with Crippen molar-refractivity contribution < 1.29 is 9.90 Å². The van der Waals surface area contributed by atoms with Crippen LogP contribution in [0.5, 0.6) is 5.75 Å². The molecule has 0 unspecified atom stereocenters. The molecule has 126 valence electrons. The van der Waals surface area contributed by atoms with Gasteiger partial charge < -0.3 is 5.11 Å². The smallest absolute Gasteiger partial charge is 0.238 e. The Bertz CT molecular complexity index is 768. The fourth-order valence-electron chi connectivity index (χ4n) is 2.77. The molecule has 1 heterocycles. The first-order valence-electron chi connectivity index (χ1n) is 7.80. The largest absolute Gasteiger partial charge is 0.506 e. The fraction of sp³-hybridized carbons (Fsp3) is 0.316. The van der Waals surface area contributed by atoms with E-state index >= 15 is 0 Å². The van der Waals surface area contributed by atoms with Crippen molar-refractivity contribution in [2.45, 2.75) is 31.6 Å². The zero-order valence-electron chi connectivity index (χ0n) is 13.9. The lowest BCUT2D eigenvalue weighted by atomic mass is 9.86. The van der Waals surface area contributed by atoms with Crippen molar-refractivity contribution in [3.05, 3.63) is 58.6 Å². The Labute approximate surface area is 151 Å². The van der Waals surface area contributed by atoms with Gasteiger partial charge in [-0.1, -0.05) is 56.6 Å². The minimum absolute atomic E-state index is 0.0255. The summed E-state index contributed by atoms with van der Waals surface area (Å²) in [5.41, 5.74) is 2.83. The van der Waals surface area contributed by atoms with E-state index in [2.05, 4.69) is 45.0 Å². The van der Waals surface area contributed by atoms with Crippen molar-refractivity contribution in [2.75, 3.05) is 10.7 Å². The van der Waals surface area contributed by atoms with Crippen LogP contribution in [0.3, 0.4) is 0 Å². The number of phenolic OH excluding ortho intramolecular Hbond substituents is 1. The molecule has 1 aliphatic rings. The third-order valence-corrected chi connectivity index (χ3v) is 5.57. The number of benzene rings is 2. The number of halogens is 1. The van der Waals surface area contributed by atoms with Gasteiger partial charge in [0.1, 0.15) is 11.1 Å². The maximum atomic E-state index is 12.4. The summed E-state index contributed by atoms with van der Waals surface area (Å²) in [7, 11) is 0. The van der Waals surface area contributed by atoms with E-state index in [0.717, 1.165) is 5.56 Å². The van der Waals surface area contributed by atoms with E-state index < -0.39 is 0 Å². The van der Waals surface area contributed by atoms with E-state index in [1.807, 2.05) is 0 Å². The molecular weight excluding hydrogens is 342 g/mol. The summed E-state index contributed by atoms with van der Waals surface area (Å²) >= 11 is 7.61. The number of phenols is 1. The van der Waals surface area contributed by atoms with E-state index in [9.17, 15) is 9.90 Å². The fourth-order valence-corrected chi connectivity index (χ4v) is 4.10. The molecule has 5 heteroatoms. The highest BCUT2D eigenvalue weighted by molar-refractivity contribution is 8.00. The number of aromatic hydroxyl groups is 1. The Kier molecular flexibility index (Phi) is 4.54. The van der Waals surface area contributed by atoms with Crippen LogP contribution in [0.15, 0.2) is 42.5 Å². The predicted octanol–water partition coefficient (Wildman–Crippen LogP) is 5.12. The van der Waals surface area contributed by atoms with Crippen LogP contribution in [0, 0.1) is 0 Å². The zero-order chi connectivity index (χ0) is 17.5. The molecule has 24 heavy (non-hydrogen) atoms. The van der Waals surface area contributed by atoms with Gasteiger partial charge in [-0.15, -0.1) is 11.8 Å². The van der Waals surface area contributed by atoms with Crippen molar-refractivity contribution >= 4 is 35.0 Å². The molecule has 1 N–H and O–H groups in total. The molecule has 1 amide bonds. The Morgan fingerprint density at radius 1 is 1.17 bits per heavy atom. The highest BCUT2D eigenvalue weighted by atomic mass is 35.5. The Morgan fingerprint density at radius 2 is 1.83 bits per heavy atom. The van der Waals surface area contributed by atoms with Crippen molar-refractivity contribution in [3.63, 3.8) is 0 Å². The second-order valence-electron chi connectivity index (χ2n) is 6.93. The topological polar surface area (TPSA) is 40.5 Å². The van der Waals surface area contributed by atoms with Gasteiger partial charge in [-0.05, 0) is 34.7 Å². The number of anilines is 1. The second-order valence-corrected chi connectivity index (χ2v) is 8.44. The van der Waals surface area contributed by atoms with Gasteiger partial charge in [0, 0.05) is 5.02 Å². The standard InChI is InChI=1S/C19H20ClNO2S/c1-19(2,3)13-6-4-12(5-7-13)18-21(17(23)11-24-18)15-10-14(20)8-9-16(15)22/h4-10,18,22H,11H2,1-3H3/t18-/m0/s1. The first kappa shape index (κ1) is 17.2. The molecule has 0 radical (unpaired) electrons. The Morgan fingerprint density at radius 3 is 2.46 bits per heavy atom. The van der Waals surface area contributed by atoms with Gasteiger partial charge in [-0.3, -0.25) is 9.69 Å². The summed E-state index contributed by atoms with van der Waals surface area (Å²) in [6.07, 6.45) is 0. The van der Waals surface area contributed by atoms with Crippen LogP contribution in [0.25, 0.3) is 0 Å². The lowest BCUT2D eigenvalue weighted by Gasteiger charge is -2.26. The quantitative estimate of drug-likeness (QED) is 0.806. The number of carbonyl (C=O) groups excluding carboxylic acids is 1. The summed E-state index contributed by atoms with van der Waals surface area (Å²) in [5.74, 6) is 0.423. The summed E-state index contributed by atoms with van der Waals surface area (Å²) in [6.45, 7) is 6.52. The summed E-state index contributed by atoms with van der Waals surface area (Å²) < 4.78 is 0. The maximum Gasteiger partial charge on any atom is 0.238 e. The van der Waals surface area contributed by atoms with Crippen molar-refractivity contribution in [1.82, 2.24) is 0 Å². The van der Waals surface area contributed by atoms with E-state index in [-0.39, 0.29) is 22.4 Å². The van der Waals surface area contributed by atoms with E-state index in [1.54, 1.807) is 28.8 Å². The molecule has 3 nitrogen and oxygen atoms in total. The molecule has 0 spiro atoms. The van der Waals surface area contributed by atoms with E-state index in [1.165, 1.54) is 11.6 Å². The molecular formula is C19H20ClNO2S. The lowest BCUT2D eigenvalue weighted by Crippen LogP contribution is -2.28. The highest BCUT2D eigenvalue weighted by Gasteiger charge is 2.35. The van der Waals surface area contributed by atoms with Crippen molar-refractivity contribution in [3.8, 4) is 5.75 Å². The zero-order valence-corrected chi connectivity index (χ0v) is 15.5. The van der Waals surface area contributed by atoms with Crippen LogP contribution in [0.2, 0.25) is 5.02 Å². The van der Waals surface area contributed by atoms with Crippen LogP contribution in [0.1, 0.15) is 37.3 Å². The van der Waals surface area contributed by atoms with Crippen LogP contribution in [-0.2, 0) is 10.2 Å². The number of hydrogen-bond donors (Lipinski definition) is 1. The Hall–Kier alpha value is -1.65. The van der Waals surface area contributed by atoms with Crippen LogP contribution in [-0.4, -0.2) is 16.8 Å². The average Bonchev–Trinajstić information content (AvgIpc) is 2.90.